The van der Waals surface area contributed by atoms with Gasteiger partial charge in [-0.05, 0) is 32.6 Å². The van der Waals surface area contributed by atoms with Crippen LogP contribution in [0.2, 0.25) is 0 Å². The molecule has 2 aliphatic heterocycles. The molecule has 2 aliphatic rings. The molecule has 0 bridgehead atoms. The summed E-state index contributed by atoms with van der Waals surface area (Å²) in [5.74, 6) is -0.0859. The number of esters is 1. The monoisotopic (exact) mass is 256 g/mol. The predicted octanol–water partition coefficient (Wildman–Crippen LogP) is 2.65. The van der Waals surface area contributed by atoms with Crippen molar-refractivity contribution in [3.05, 3.63) is 0 Å². The molecule has 0 radical (unpaired) electrons. The van der Waals surface area contributed by atoms with E-state index in [0.717, 1.165) is 25.9 Å². The number of ether oxygens (including phenoxy) is 3. The summed E-state index contributed by atoms with van der Waals surface area (Å²) >= 11 is 0. The first-order valence-electron chi connectivity index (χ1n) is 6.94. The smallest absolute Gasteiger partial charge is 0.309 e. The molecule has 0 spiro atoms. The van der Waals surface area contributed by atoms with Gasteiger partial charge in [0.1, 0.15) is 6.10 Å². The summed E-state index contributed by atoms with van der Waals surface area (Å²) in [5, 5.41) is 0. The molecule has 0 aliphatic carbocycles. The molecule has 18 heavy (non-hydrogen) atoms. The predicted molar refractivity (Wildman–Crippen MR) is 67.0 cm³/mol. The topological polar surface area (TPSA) is 44.8 Å². The normalized spacial score (nSPS) is 30.5. The van der Waals surface area contributed by atoms with Crippen molar-refractivity contribution in [1.29, 1.82) is 0 Å². The maximum atomic E-state index is 10.9. The van der Waals surface area contributed by atoms with Gasteiger partial charge in [-0.3, -0.25) is 4.79 Å². The molecule has 0 N–H and O–H groups in total. The van der Waals surface area contributed by atoms with Crippen LogP contribution in [-0.4, -0.2) is 31.1 Å². The van der Waals surface area contributed by atoms with Gasteiger partial charge in [-0.1, -0.05) is 13.8 Å². The van der Waals surface area contributed by atoms with Crippen LogP contribution in [-0.2, 0) is 19.0 Å². The minimum atomic E-state index is -0.0859. The van der Waals surface area contributed by atoms with Crippen molar-refractivity contribution in [2.45, 2.75) is 71.4 Å². The van der Waals surface area contributed by atoms with Gasteiger partial charge < -0.3 is 14.2 Å². The van der Waals surface area contributed by atoms with Gasteiger partial charge in [0.25, 0.3) is 0 Å². The van der Waals surface area contributed by atoms with Crippen LogP contribution in [0.15, 0.2) is 0 Å². The number of carbonyl (C=O) groups is 1. The summed E-state index contributed by atoms with van der Waals surface area (Å²) in [6, 6.07) is 0. The molecule has 2 rings (SSSR count). The highest BCUT2D eigenvalue weighted by Crippen LogP contribution is 2.37. The van der Waals surface area contributed by atoms with E-state index in [9.17, 15) is 4.79 Å². The number of carbonyl (C=O) groups excluding carboxylic acids is 1. The highest BCUT2D eigenvalue weighted by atomic mass is 16.7. The fourth-order valence-corrected chi connectivity index (χ4v) is 2.73. The molecular formula is C14H24O4. The van der Waals surface area contributed by atoms with E-state index in [1.807, 2.05) is 0 Å². The number of rotatable bonds is 5. The Balaban J connectivity index is 1.75. The zero-order valence-corrected chi connectivity index (χ0v) is 11.6. The second-order valence-corrected chi connectivity index (χ2v) is 6.12. The summed E-state index contributed by atoms with van der Waals surface area (Å²) in [7, 11) is 0. The van der Waals surface area contributed by atoms with Crippen LogP contribution in [0, 0.1) is 5.41 Å². The van der Waals surface area contributed by atoms with Gasteiger partial charge in [0.15, 0.2) is 6.29 Å². The van der Waals surface area contributed by atoms with Crippen molar-refractivity contribution in [2.75, 3.05) is 6.61 Å². The molecule has 0 aromatic carbocycles. The molecule has 2 heterocycles. The molecule has 0 aromatic rings. The number of hydrogen-bond donors (Lipinski definition) is 0. The van der Waals surface area contributed by atoms with Crippen LogP contribution in [0.3, 0.4) is 0 Å². The molecule has 4 nitrogen and oxygen atoms in total. The first-order valence-corrected chi connectivity index (χ1v) is 6.94. The number of cyclic esters (lactones) is 1. The Hall–Kier alpha value is -0.610. The van der Waals surface area contributed by atoms with E-state index in [0.29, 0.717) is 6.42 Å². The highest BCUT2D eigenvalue weighted by Gasteiger charge is 2.42. The van der Waals surface area contributed by atoms with Crippen LogP contribution in [0.1, 0.15) is 52.9 Å². The van der Waals surface area contributed by atoms with E-state index >= 15 is 0 Å². The Morgan fingerprint density at radius 3 is 2.72 bits per heavy atom. The second kappa shape index (κ2) is 5.57. The van der Waals surface area contributed by atoms with E-state index in [1.54, 1.807) is 0 Å². The van der Waals surface area contributed by atoms with Gasteiger partial charge in [-0.25, -0.2) is 0 Å². The first-order chi connectivity index (χ1) is 8.47. The molecule has 2 saturated heterocycles. The van der Waals surface area contributed by atoms with E-state index in [2.05, 4.69) is 20.8 Å². The van der Waals surface area contributed by atoms with E-state index in [4.69, 9.17) is 14.2 Å². The zero-order chi connectivity index (χ0) is 13.2. The van der Waals surface area contributed by atoms with E-state index in [-0.39, 0.29) is 29.9 Å². The Morgan fingerprint density at radius 2 is 2.17 bits per heavy atom. The summed E-state index contributed by atoms with van der Waals surface area (Å²) < 4.78 is 16.7. The standard InChI is InChI=1S/C14H24O4/c1-10(17-13-6-4-5-7-16-13)9-14(2,3)11-8-12(15)18-11/h10-11,13H,4-9H2,1-3H3. The number of hydrogen-bond acceptors (Lipinski definition) is 4. The third kappa shape index (κ3) is 3.45. The van der Waals surface area contributed by atoms with Crippen LogP contribution in [0.25, 0.3) is 0 Å². The maximum Gasteiger partial charge on any atom is 0.309 e. The van der Waals surface area contributed by atoms with Gasteiger partial charge in [0.05, 0.1) is 12.5 Å². The third-order valence-corrected chi connectivity index (χ3v) is 3.83. The fourth-order valence-electron chi connectivity index (χ4n) is 2.73. The van der Waals surface area contributed by atoms with Gasteiger partial charge >= 0.3 is 5.97 Å². The van der Waals surface area contributed by atoms with Crippen molar-refractivity contribution in [2.24, 2.45) is 5.41 Å². The van der Waals surface area contributed by atoms with Crippen LogP contribution in [0.5, 0.6) is 0 Å². The molecule has 104 valence electrons. The van der Waals surface area contributed by atoms with Crippen LogP contribution in [0.4, 0.5) is 0 Å². The highest BCUT2D eigenvalue weighted by molar-refractivity contribution is 5.75. The minimum Gasteiger partial charge on any atom is -0.461 e. The Kier molecular flexibility index (Phi) is 4.28. The SMILES string of the molecule is CC(CC(C)(C)C1CC(=O)O1)OC1CCCCO1. The summed E-state index contributed by atoms with van der Waals surface area (Å²) in [6.07, 6.45) is 4.85. The van der Waals surface area contributed by atoms with Gasteiger partial charge in [-0.2, -0.15) is 0 Å². The lowest BCUT2D eigenvalue weighted by atomic mass is 9.78. The molecule has 0 amide bonds. The Labute approximate surface area is 109 Å². The Bertz CT molecular complexity index is 286. The molecule has 2 fully saturated rings. The van der Waals surface area contributed by atoms with Gasteiger partial charge in [0.2, 0.25) is 0 Å². The molecule has 3 atom stereocenters. The van der Waals surface area contributed by atoms with Crippen molar-refractivity contribution in [3.63, 3.8) is 0 Å². The Morgan fingerprint density at radius 1 is 1.44 bits per heavy atom. The zero-order valence-electron chi connectivity index (χ0n) is 11.6. The lowest BCUT2D eigenvalue weighted by Gasteiger charge is -2.40. The fraction of sp³-hybridized carbons (Fsp3) is 0.929. The van der Waals surface area contributed by atoms with Gasteiger partial charge in [-0.15, -0.1) is 0 Å². The summed E-state index contributed by atoms with van der Waals surface area (Å²) in [5.41, 5.74) is -0.0258. The van der Waals surface area contributed by atoms with Crippen molar-refractivity contribution >= 4 is 5.97 Å². The largest absolute Gasteiger partial charge is 0.461 e. The average Bonchev–Trinajstić information content (AvgIpc) is 2.25. The van der Waals surface area contributed by atoms with Crippen molar-refractivity contribution in [1.82, 2.24) is 0 Å². The average molecular weight is 256 g/mol. The first kappa shape index (κ1) is 13.8. The maximum absolute atomic E-state index is 10.9. The minimum absolute atomic E-state index is 0.0258. The molecular weight excluding hydrogens is 232 g/mol. The van der Waals surface area contributed by atoms with Crippen molar-refractivity contribution < 1.29 is 19.0 Å². The summed E-state index contributed by atoms with van der Waals surface area (Å²) in [6.45, 7) is 7.14. The van der Waals surface area contributed by atoms with Crippen LogP contribution < -0.4 is 0 Å². The van der Waals surface area contributed by atoms with E-state index in [1.165, 1.54) is 6.42 Å². The van der Waals surface area contributed by atoms with E-state index < -0.39 is 0 Å². The van der Waals surface area contributed by atoms with Crippen LogP contribution >= 0.6 is 0 Å². The molecule has 0 aromatic heterocycles. The van der Waals surface area contributed by atoms with Gasteiger partial charge in [0, 0.05) is 12.0 Å². The van der Waals surface area contributed by atoms with Crippen molar-refractivity contribution in [3.8, 4) is 0 Å². The molecule has 3 unspecified atom stereocenters. The lowest BCUT2D eigenvalue weighted by Crippen LogP contribution is -2.45. The molecule has 4 heteroatoms. The summed E-state index contributed by atoms with van der Waals surface area (Å²) in [4.78, 5) is 10.9. The third-order valence-electron chi connectivity index (χ3n) is 3.83. The lowest BCUT2D eigenvalue weighted by molar-refractivity contribution is -0.202. The molecule has 0 saturated carbocycles. The second-order valence-electron chi connectivity index (χ2n) is 6.12. The quantitative estimate of drug-likeness (QED) is 0.709.